The number of aliphatic carboxylic acids is 1. The molecule has 0 fully saturated rings. The fraction of sp³-hybridized carbons (Fsp3) is 0.318. The number of carboxylic acid groups (broad SMARTS) is 1. The lowest BCUT2D eigenvalue weighted by molar-refractivity contribution is -0.156. The number of carbonyl (C=O) groups is 2. The molecule has 0 spiro atoms. The number of carboxylic acids is 1. The quantitative estimate of drug-likeness (QED) is 0.139. The number of rotatable bonds is 9. The van der Waals surface area contributed by atoms with Crippen LogP contribution in [0.3, 0.4) is 0 Å². The lowest BCUT2D eigenvalue weighted by atomic mass is 9.95. The molecule has 1 aliphatic heterocycles. The van der Waals surface area contributed by atoms with Crippen LogP contribution in [0.15, 0.2) is 58.6 Å². The van der Waals surface area contributed by atoms with Gasteiger partial charge in [-0.25, -0.2) is 8.42 Å². The van der Waals surface area contributed by atoms with E-state index in [-0.39, 0.29) is 30.4 Å². The third-order valence-corrected chi connectivity index (χ3v) is 6.72. The highest BCUT2D eigenvalue weighted by Gasteiger charge is 2.39. The van der Waals surface area contributed by atoms with Gasteiger partial charge in [0.15, 0.2) is 0 Å². The van der Waals surface area contributed by atoms with E-state index < -0.39 is 34.5 Å². The molecule has 15 heteroatoms. The number of alkyl halides is 3. The average Bonchev–Trinajstić information content (AvgIpc) is 2.85. The van der Waals surface area contributed by atoms with Crippen LogP contribution in [-0.4, -0.2) is 61.5 Å². The maximum absolute atomic E-state index is 13.1. The predicted octanol–water partition coefficient (Wildman–Crippen LogP) is 1.61. The summed E-state index contributed by atoms with van der Waals surface area (Å²) in [6.07, 6.45) is -5.10. The van der Waals surface area contributed by atoms with Crippen LogP contribution in [0.5, 0.6) is 5.75 Å². The van der Waals surface area contributed by atoms with Crippen LogP contribution in [0.25, 0.3) is 0 Å². The Kier molecular flexibility index (Phi) is 10.3. The van der Waals surface area contributed by atoms with Gasteiger partial charge in [0.2, 0.25) is 22.3 Å². The van der Waals surface area contributed by atoms with Crippen LogP contribution in [-0.2, 0) is 37.4 Å². The third kappa shape index (κ3) is 8.95. The van der Waals surface area contributed by atoms with Crippen molar-refractivity contribution in [1.82, 2.24) is 4.31 Å². The molecule has 1 atom stereocenters. The number of halogens is 3. The van der Waals surface area contributed by atoms with Crippen LogP contribution in [0.1, 0.15) is 17.5 Å². The molecule has 5 N–H and O–H groups in total. The monoisotopic (exact) mass is 546 g/mol. The second kappa shape index (κ2) is 12.9. The number of sulfonamides is 1. The molecule has 11 nitrogen and oxygen atoms in total. The highest BCUT2D eigenvalue weighted by Crippen LogP contribution is 2.31. The fourth-order valence-corrected chi connectivity index (χ4v) is 4.83. The van der Waals surface area contributed by atoms with E-state index in [1.165, 1.54) is 12.1 Å². The van der Waals surface area contributed by atoms with E-state index in [4.69, 9.17) is 25.8 Å². The van der Waals surface area contributed by atoms with E-state index >= 15 is 0 Å². The van der Waals surface area contributed by atoms with Gasteiger partial charge in [0, 0.05) is 19.4 Å². The van der Waals surface area contributed by atoms with E-state index in [0.717, 1.165) is 9.87 Å². The summed E-state index contributed by atoms with van der Waals surface area (Å²) in [6.45, 7) is 0.545. The van der Waals surface area contributed by atoms with Gasteiger partial charge in [-0.1, -0.05) is 24.3 Å². The summed E-state index contributed by atoms with van der Waals surface area (Å²) in [5.74, 6) is -0.803. The smallest absolute Gasteiger partial charge is 0.446 e. The summed E-state index contributed by atoms with van der Waals surface area (Å²) in [6, 6.07) is 11.9. The maximum atomic E-state index is 13.1. The van der Waals surface area contributed by atoms with Gasteiger partial charge in [0.1, 0.15) is 18.4 Å². The molecule has 2 aromatic carbocycles. The zero-order valence-electron chi connectivity index (χ0n) is 19.3. The Balaban J connectivity index is 0.000000717. The summed E-state index contributed by atoms with van der Waals surface area (Å²) in [5.41, 5.74) is 11.8. The number of carbonyl (C=O) groups excluding carboxylic acids is 1. The summed E-state index contributed by atoms with van der Waals surface area (Å²) < 4.78 is 64.2. The first-order valence-corrected chi connectivity index (χ1v) is 12.1. The number of nitrogens with two attached hydrogens (primary N) is 2. The highest BCUT2D eigenvalue weighted by atomic mass is 32.2. The normalized spacial score (nSPS) is 15.4. The van der Waals surface area contributed by atoms with Gasteiger partial charge in [0.05, 0.1) is 11.5 Å². The van der Waals surface area contributed by atoms with Crippen molar-refractivity contribution < 1.29 is 45.9 Å². The minimum Gasteiger partial charge on any atom is -0.493 e. The van der Waals surface area contributed by atoms with E-state index in [1.807, 2.05) is 0 Å². The molecule has 1 heterocycles. The van der Waals surface area contributed by atoms with E-state index in [9.17, 15) is 31.5 Å². The Morgan fingerprint density at radius 2 is 1.78 bits per heavy atom. The summed E-state index contributed by atoms with van der Waals surface area (Å²) in [7, 11) is -3.98. The topological polar surface area (TPSA) is 175 Å². The molecule has 202 valence electrons. The van der Waals surface area contributed by atoms with Gasteiger partial charge >= 0.3 is 12.1 Å². The van der Waals surface area contributed by atoms with Gasteiger partial charge in [-0.05, 0) is 40.5 Å². The lowest BCUT2D eigenvalue weighted by Gasteiger charge is -2.33. The standard InChI is InChI=1S/C20H24N4O6S.C2HF3O/c21-20(22)23-30-10-4-9-29-16-8-7-14-12-18(19(25)26)24(13-15(14)11-16)31(27,28)17-5-2-1-3-6-17;3-2(4,5)1-6/h1-3,5-8,11,18H,4,9-10,12-13H2,(H,25,26)(H4,21,22,23);1H/t18-;/m0./s1. The molecule has 0 saturated carbocycles. The number of hydrogen-bond donors (Lipinski definition) is 3. The SMILES string of the molecule is NC(N)=NOCCCOc1ccc2c(c1)CN(S(=O)(=O)c1ccccc1)[C@H](C(=O)O)C2.O=CC(F)(F)F. The van der Waals surface area contributed by atoms with Crippen LogP contribution in [0, 0.1) is 0 Å². The van der Waals surface area contributed by atoms with Crippen molar-refractivity contribution in [2.24, 2.45) is 16.6 Å². The Hall–Kier alpha value is -3.85. The Morgan fingerprint density at radius 3 is 2.35 bits per heavy atom. The first-order valence-electron chi connectivity index (χ1n) is 10.6. The maximum Gasteiger partial charge on any atom is 0.446 e. The number of benzene rings is 2. The molecule has 3 rings (SSSR count). The van der Waals surface area contributed by atoms with Gasteiger partial charge in [-0.3, -0.25) is 9.59 Å². The van der Waals surface area contributed by atoms with Crippen molar-refractivity contribution in [3.8, 4) is 5.75 Å². The van der Waals surface area contributed by atoms with Crippen molar-refractivity contribution in [2.45, 2.75) is 36.5 Å². The minimum atomic E-state index is -4.64. The van der Waals surface area contributed by atoms with E-state index in [2.05, 4.69) is 5.16 Å². The third-order valence-electron chi connectivity index (χ3n) is 4.85. The van der Waals surface area contributed by atoms with Crippen molar-refractivity contribution in [1.29, 1.82) is 0 Å². The molecule has 0 aromatic heterocycles. The zero-order chi connectivity index (χ0) is 27.6. The number of fused-ring (bicyclic) bond motifs is 1. The first kappa shape index (κ1) is 29.4. The molecule has 0 aliphatic carbocycles. The fourth-order valence-electron chi connectivity index (χ4n) is 3.25. The largest absolute Gasteiger partial charge is 0.493 e. The Morgan fingerprint density at radius 1 is 1.14 bits per heavy atom. The molecule has 0 amide bonds. The molecule has 0 radical (unpaired) electrons. The predicted molar refractivity (Wildman–Crippen MR) is 125 cm³/mol. The van der Waals surface area contributed by atoms with Crippen molar-refractivity contribution in [3.63, 3.8) is 0 Å². The van der Waals surface area contributed by atoms with Crippen LogP contribution >= 0.6 is 0 Å². The van der Waals surface area contributed by atoms with Crippen molar-refractivity contribution >= 4 is 28.2 Å². The molecular formula is C22H25F3N4O7S. The zero-order valence-corrected chi connectivity index (χ0v) is 20.1. The average molecular weight is 547 g/mol. The second-order valence-electron chi connectivity index (χ2n) is 7.56. The van der Waals surface area contributed by atoms with Gasteiger partial charge in [-0.15, -0.1) is 0 Å². The van der Waals surface area contributed by atoms with E-state index in [1.54, 1.807) is 36.4 Å². The molecular weight excluding hydrogens is 521 g/mol. The molecule has 37 heavy (non-hydrogen) atoms. The van der Waals surface area contributed by atoms with Crippen LogP contribution < -0.4 is 16.2 Å². The number of guanidine groups is 1. The molecule has 1 aliphatic rings. The molecule has 0 unspecified atom stereocenters. The summed E-state index contributed by atoms with van der Waals surface area (Å²) in [4.78, 5) is 25.5. The lowest BCUT2D eigenvalue weighted by Crippen LogP contribution is -2.48. The second-order valence-corrected chi connectivity index (χ2v) is 9.45. The number of ether oxygens (including phenoxy) is 1. The molecule has 0 saturated heterocycles. The number of nitrogens with zero attached hydrogens (tertiary/aromatic N) is 2. The van der Waals surface area contributed by atoms with Gasteiger partial charge < -0.3 is 26.1 Å². The van der Waals surface area contributed by atoms with Gasteiger partial charge in [-0.2, -0.15) is 17.5 Å². The Bertz CT molecular complexity index is 1200. The summed E-state index contributed by atoms with van der Waals surface area (Å²) >= 11 is 0. The van der Waals surface area contributed by atoms with Crippen molar-refractivity contribution in [3.05, 3.63) is 59.7 Å². The van der Waals surface area contributed by atoms with E-state index in [0.29, 0.717) is 24.3 Å². The highest BCUT2D eigenvalue weighted by molar-refractivity contribution is 7.89. The van der Waals surface area contributed by atoms with Crippen LogP contribution in [0.4, 0.5) is 13.2 Å². The number of aldehydes is 1. The molecule has 0 bridgehead atoms. The first-order chi connectivity index (χ1) is 17.3. The van der Waals surface area contributed by atoms with Crippen LogP contribution in [0.2, 0.25) is 0 Å². The number of oxime groups is 1. The summed E-state index contributed by atoms with van der Waals surface area (Å²) in [5, 5.41) is 13.1. The number of hydrogen-bond acceptors (Lipinski definition) is 7. The van der Waals surface area contributed by atoms with Crippen molar-refractivity contribution in [2.75, 3.05) is 13.2 Å². The minimum absolute atomic E-state index is 0.0536. The molecule has 2 aromatic rings. The Labute approximate surface area is 210 Å². The van der Waals surface area contributed by atoms with Gasteiger partial charge in [0.25, 0.3) is 0 Å².